The Balaban J connectivity index is 1.52. The molecular formula is C18H25N5O3. The fourth-order valence-corrected chi connectivity index (χ4v) is 3.99. The second kappa shape index (κ2) is 7.19. The molecule has 2 aromatic rings. The van der Waals surface area contributed by atoms with Crippen LogP contribution in [0.2, 0.25) is 0 Å². The topological polar surface area (TPSA) is 91.0 Å². The Labute approximate surface area is 151 Å². The number of carbonyl (C=O) groups is 1. The summed E-state index contributed by atoms with van der Waals surface area (Å²) < 4.78 is 8.76. The van der Waals surface area contributed by atoms with E-state index in [1.807, 2.05) is 11.6 Å². The summed E-state index contributed by atoms with van der Waals surface area (Å²) in [5.41, 5.74) is 1.11. The summed E-state index contributed by atoms with van der Waals surface area (Å²) >= 11 is 0. The van der Waals surface area contributed by atoms with Crippen molar-refractivity contribution in [1.82, 2.24) is 24.6 Å². The van der Waals surface area contributed by atoms with E-state index in [-0.39, 0.29) is 24.1 Å². The van der Waals surface area contributed by atoms with E-state index in [4.69, 9.17) is 4.74 Å². The van der Waals surface area contributed by atoms with Gasteiger partial charge >= 0.3 is 0 Å². The van der Waals surface area contributed by atoms with Crippen LogP contribution in [0.1, 0.15) is 50.3 Å². The van der Waals surface area contributed by atoms with Gasteiger partial charge in [0.15, 0.2) is 5.65 Å². The maximum Gasteiger partial charge on any atom is 0.265 e. The van der Waals surface area contributed by atoms with Crippen molar-refractivity contribution in [1.29, 1.82) is 0 Å². The van der Waals surface area contributed by atoms with Crippen LogP contribution in [0.4, 0.5) is 0 Å². The molecule has 1 amide bonds. The molecule has 2 aromatic heterocycles. The first-order valence-corrected chi connectivity index (χ1v) is 9.46. The molecule has 1 saturated carbocycles. The molecule has 0 bridgehead atoms. The zero-order valence-electron chi connectivity index (χ0n) is 15.1. The average Bonchev–Trinajstić information content (AvgIpc) is 3.36. The molecule has 2 aliphatic rings. The minimum absolute atomic E-state index is 0.0391. The molecule has 1 aliphatic heterocycles. The number of aromatic nitrogens is 4. The number of hydrogen-bond donors (Lipinski definition) is 1. The summed E-state index contributed by atoms with van der Waals surface area (Å²) in [4.78, 5) is 29.5. The Morgan fingerprint density at radius 3 is 2.85 bits per heavy atom. The van der Waals surface area contributed by atoms with Gasteiger partial charge in [-0.2, -0.15) is 5.10 Å². The van der Waals surface area contributed by atoms with Gasteiger partial charge < -0.3 is 10.1 Å². The molecule has 2 fully saturated rings. The van der Waals surface area contributed by atoms with Crippen molar-refractivity contribution in [3.05, 3.63) is 22.4 Å². The van der Waals surface area contributed by atoms with E-state index in [9.17, 15) is 9.59 Å². The van der Waals surface area contributed by atoms with Crippen molar-refractivity contribution < 1.29 is 9.53 Å². The predicted molar refractivity (Wildman–Crippen MR) is 96.0 cm³/mol. The number of ether oxygens (including phenoxy) is 1. The molecule has 4 rings (SSSR count). The second-order valence-electron chi connectivity index (χ2n) is 7.28. The number of rotatable bonds is 5. The van der Waals surface area contributed by atoms with E-state index in [1.165, 1.54) is 23.7 Å². The quantitative estimate of drug-likeness (QED) is 0.869. The summed E-state index contributed by atoms with van der Waals surface area (Å²) in [6.07, 6.45) is 8.07. The highest BCUT2D eigenvalue weighted by molar-refractivity contribution is 5.78. The Bertz CT molecular complexity index is 860. The van der Waals surface area contributed by atoms with E-state index in [1.54, 1.807) is 0 Å². The van der Waals surface area contributed by atoms with Gasteiger partial charge in [0.25, 0.3) is 5.56 Å². The molecular weight excluding hydrogens is 334 g/mol. The van der Waals surface area contributed by atoms with Crippen molar-refractivity contribution >= 4 is 16.9 Å². The van der Waals surface area contributed by atoms with Gasteiger partial charge in [0.2, 0.25) is 5.91 Å². The number of carbonyl (C=O) groups excluding carboxylic acids is 1. The number of aryl methyl sites for hydroxylation is 1. The number of nitrogens with zero attached hydrogens (tertiary/aromatic N) is 4. The number of hydrogen-bond acceptors (Lipinski definition) is 5. The first kappa shape index (κ1) is 17.2. The van der Waals surface area contributed by atoms with Gasteiger partial charge in [0.05, 0.1) is 17.8 Å². The van der Waals surface area contributed by atoms with E-state index in [0.29, 0.717) is 29.3 Å². The fourth-order valence-electron chi connectivity index (χ4n) is 3.99. The van der Waals surface area contributed by atoms with Crippen LogP contribution >= 0.6 is 0 Å². The molecule has 26 heavy (non-hydrogen) atoms. The molecule has 1 atom stereocenters. The van der Waals surface area contributed by atoms with Crippen LogP contribution in [0.15, 0.2) is 11.1 Å². The summed E-state index contributed by atoms with van der Waals surface area (Å²) in [7, 11) is 0. The van der Waals surface area contributed by atoms with Crippen LogP contribution in [0, 0.1) is 6.92 Å². The Kier molecular flexibility index (Phi) is 4.76. The predicted octanol–water partition coefficient (Wildman–Crippen LogP) is 1.31. The molecule has 0 radical (unpaired) electrons. The molecule has 8 heteroatoms. The zero-order chi connectivity index (χ0) is 18.1. The van der Waals surface area contributed by atoms with Gasteiger partial charge in [0, 0.05) is 13.2 Å². The second-order valence-corrected chi connectivity index (χ2v) is 7.28. The molecule has 1 unspecified atom stereocenters. The van der Waals surface area contributed by atoms with Gasteiger partial charge in [-0.3, -0.25) is 14.2 Å². The average molecular weight is 359 g/mol. The summed E-state index contributed by atoms with van der Waals surface area (Å²) in [5, 5.41) is 7.93. The molecule has 1 saturated heterocycles. The molecule has 0 aromatic carbocycles. The smallest absolute Gasteiger partial charge is 0.265 e. The lowest BCUT2D eigenvalue weighted by Crippen LogP contribution is -2.36. The molecule has 1 aliphatic carbocycles. The third-order valence-corrected chi connectivity index (χ3v) is 5.39. The van der Waals surface area contributed by atoms with Crippen LogP contribution in [0.25, 0.3) is 11.0 Å². The maximum atomic E-state index is 12.8. The molecule has 1 N–H and O–H groups in total. The lowest BCUT2D eigenvalue weighted by molar-refractivity contribution is -0.122. The van der Waals surface area contributed by atoms with E-state index in [0.717, 1.165) is 32.3 Å². The van der Waals surface area contributed by atoms with Gasteiger partial charge in [-0.25, -0.2) is 9.67 Å². The van der Waals surface area contributed by atoms with E-state index < -0.39 is 0 Å². The van der Waals surface area contributed by atoms with Crippen LogP contribution in [-0.4, -0.2) is 44.5 Å². The standard InChI is InChI=1S/C18H25N5O3/c1-12-16-17(23(21-12)13-5-2-3-6-13)20-11-22(18(16)25)10-15(24)19-9-14-7-4-8-26-14/h11,13-14H,2-10H2,1H3,(H,19,24). The molecule has 3 heterocycles. The summed E-state index contributed by atoms with van der Waals surface area (Å²) in [6, 6.07) is 0.323. The van der Waals surface area contributed by atoms with E-state index >= 15 is 0 Å². The largest absolute Gasteiger partial charge is 0.376 e. The SMILES string of the molecule is Cc1nn(C2CCCC2)c2ncn(CC(=O)NCC3CCCO3)c(=O)c12. The van der Waals surface area contributed by atoms with Crippen molar-refractivity contribution in [3.8, 4) is 0 Å². The summed E-state index contributed by atoms with van der Waals surface area (Å²) in [5.74, 6) is -0.204. The van der Waals surface area contributed by atoms with Crippen LogP contribution in [0.5, 0.6) is 0 Å². The van der Waals surface area contributed by atoms with Crippen molar-refractivity contribution in [2.24, 2.45) is 0 Å². The number of amides is 1. The minimum Gasteiger partial charge on any atom is -0.376 e. The van der Waals surface area contributed by atoms with Crippen molar-refractivity contribution in [2.75, 3.05) is 13.2 Å². The third kappa shape index (κ3) is 3.25. The minimum atomic E-state index is -0.205. The molecule has 0 spiro atoms. The first-order valence-electron chi connectivity index (χ1n) is 9.46. The van der Waals surface area contributed by atoms with Crippen LogP contribution in [0.3, 0.4) is 0 Å². The van der Waals surface area contributed by atoms with Gasteiger partial charge in [0.1, 0.15) is 18.3 Å². The molecule has 8 nitrogen and oxygen atoms in total. The first-order chi connectivity index (χ1) is 12.6. The Morgan fingerprint density at radius 1 is 1.31 bits per heavy atom. The van der Waals surface area contributed by atoms with Gasteiger partial charge in [-0.05, 0) is 32.6 Å². The zero-order valence-corrected chi connectivity index (χ0v) is 15.1. The lowest BCUT2D eigenvalue weighted by Gasteiger charge is -2.12. The highest BCUT2D eigenvalue weighted by atomic mass is 16.5. The number of fused-ring (bicyclic) bond motifs is 1. The van der Waals surface area contributed by atoms with Crippen molar-refractivity contribution in [2.45, 2.75) is 64.1 Å². The monoisotopic (exact) mass is 359 g/mol. The Hall–Kier alpha value is -2.22. The van der Waals surface area contributed by atoms with Crippen LogP contribution in [-0.2, 0) is 16.1 Å². The van der Waals surface area contributed by atoms with Gasteiger partial charge in [-0.15, -0.1) is 0 Å². The number of nitrogens with one attached hydrogen (secondary N) is 1. The molecule has 140 valence electrons. The van der Waals surface area contributed by atoms with Crippen LogP contribution < -0.4 is 10.9 Å². The highest BCUT2D eigenvalue weighted by Gasteiger charge is 2.23. The lowest BCUT2D eigenvalue weighted by atomic mass is 10.2. The van der Waals surface area contributed by atoms with E-state index in [2.05, 4.69) is 15.4 Å². The maximum absolute atomic E-state index is 12.8. The highest BCUT2D eigenvalue weighted by Crippen LogP contribution is 2.31. The fraction of sp³-hybridized carbons (Fsp3) is 0.667. The van der Waals surface area contributed by atoms with Gasteiger partial charge in [-0.1, -0.05) is 12.8 Å². The Morgan fingerprint density at radius 2 is 2.12 bits per heavy atom. The summed E-state index contributed by atoms with van der Waals surface area (Å²) in [6.45, 7) is 3.04. The van der Waals surface area contributed by atoms with Crippen molar-refractivity contribution in [3.63, 3.8) is 0 Å². The third-order valence-electron chi connectivity index (χ3n) is 5.39. The normalized spacial score (nSPS) is 20.9.